The van der Waals surface area contributed by atoms with Crippen molar-refractivity contribution in [2.45, 2.75) is 109 Å². The summed E-state index contributed by atoms with van der Waals surface area (Å²) in [7, 11) is 0. The summed E-state index contributed by atoms with van der Waals surface area (Å²) in [6.07, 6.45) is 8.12. The molecule has 2 saturated carbocycles. The van der Waals surface area contributed by atoms with Crippen LogP contribution in [-0.2, 0) is 6.11 Å². The van der Waals surface area contributed by atoms with Gasteiger partial charge in [0.25, 0.3) is 0 Å². The van der Waals surface area contributed by atoms with Gasteiger partial charge in [-0.3, -0.25) is 0 Å². The van der Waals surface area contributed by atoms with E-state index < -0.39 is 58.5 Å². The van der Waals surface area contributed by atoms with E-state index >= 15 is 0 Å². The Morgan fingerprint density at radius 3 is 1.78 bits per heavy atom. The molecule has 0 radical (unpaired) electrons. The topological polar surface area (TPSA) is 18.5 Å². The van der Waals surface area contributed by atoms with Crippen LogP contribution in [0.4, 0.5) is 39.5 Å². The van der Waals surface area contributed by atoms with Crippen molar-refractivity contribution < 1.29 is 49.0 Å². The molecular formula is C34H39F9O2. The molecule has 0 atom stereocenters. The molecule has 0 spiro atoms. The van der Waals surface area contributed by atoms with Crippen molar-refractivity contribution in [2.75, 3.05) is 0 Å². The Hall–Kier alpha value is -2.85. The molecule has 2 nitrogen and oxygen atoms in total. The summed E-state index contributed by atoms with van der Waals surface area (Å²) in [5, 5.41) is 0. The van der Waals surface area contributed by atoms with Gasteiger partial charge in [-0.2, -0.15) is 22.0 Å². The van der Waals surface area contributed by atoms with Crippen molar-refractivity contribution in [2.24, 2.45) is 17.8 Å². The maximum atomic E-state index is 15.0. The lowest BCUT2D eigenvalue weighted by Crippen LogP contribution is -2.27. The largest absolute Gasteiger partial charge is 0.432 e. The first-order valence-corrected chi connectivity index (χ1v) is 15.8. The third kappa shape index (κ3) is 9.12. The fourth-order valence-corrected chi connectivity index (χ4v) is 7.04. The van der Waals surface area contributed by atoms with E-state index in [4.69, 9.17) is 0 Å². The van der Waals surface area contributed by atoms with Crippen LogP contribution in [0.3, 0.4) is 0 Å². The number of alkyl halides is 2. The van der Waals surface area contributed by atoms with E-state index in [1.807, 2.05) is 0 Å². The van der Waals surface area contributed by atoms with E-state index in [0.29, 0.717) is 24.7 Å². The highest BCUT2D eigenvalue weighted by Gasteiger charge is 2.42. The summed E-state index contributed by atoms with van der Waals surface area (Å²) in [6.45, 7) is 2.22. The van der Waals surface area contributed by atoms with Gasteiger partial charge < -0.3 is 9.47 Å². The lowest BCUT2D eigenvalue weighted by Gasteiger charge is -2.38. The van der Waals surface area contributed by atoms with Gasteiger partial charge in [-0.25, -0.2) is 17.6 Å². The molecule has 0 bridgehead atoms. The number of unbranched alkanes of at least 4 members (excludes halogenated alkanes) is 4. The molecule has 2 aliphatic rings. The van der Waals surface area contributed by atoms with Crippen LogP contribution in [0.2, 0.25) is 0 Å². The summed E-state index contributed by atoms with van der Waals surface area (Å²) < 4.78 is 133. The van der Waals surface area contributed by atoms with Gasteiger partial charge in [0.1, 0.15) is 22.9 Å². The summed E-state index contributed by atoms with van der Waals surface area (Å²) >= 11 is 0. The van der Waals surface area contributed by atoms with E-state index in [-0.39, 0.29) is 23.6 Å². The fourth-order valence-electron chi connectivity index (χ4n) is 7.04. The Balaban J connectivity index is 1.34. The van der Waals surface area contributed by atoms with Crippen LogP contribution in [0.5, 0.6) is 11.5 Å². The molecule has 0 saturated heterocycles. The minimum atomic E-state index is -4.71. The van der Waals surface area contributed by atoms with Crippen molar-refractivity contribution in [3.63, 3.8) is 0 Å². The molecule has 0 unspecified atom stereocenters. The van der Waals surface area contributed by atoms with Crippen LogP contribution in [-0.4, -0.2) is 0 Å². The first-order valence-electron chi connectivity index (χ1n) is 15.8. The van der Waals surface area contributed by atoms with Gasteiger partial charge in [-0.05, 0) is 79.9 Å². The van der Waals surface area contributed by atoms with Gasteiger partial charge in [0, 0.05) is 12.1 Å². The third-order valence-electron chi connectivity index (χ3n) is 9.43. The van der Waals surface area contributed by atoms with Crippen LogP contribution in [0.15, 0.2) is 36.4 Å². The van der Waals surface area contributed by atoms with Crippen LogP contribution in [0, 0.1) is 41.0 Å². The maximum absolute atomic E-state index is 15.0. The molecule has 11 heteroatoms. The molecular weight excluding hydrogens is 611 g/mol. The standard InChI is InChI=1S/C34H39F9O2/c1-2-3-4-5-6-7-20-8-10-21(11-9-20)22-12-14-23(15-13-22)24-16-26(35)30(27(36)17-24)34(42,43)45-25-18-28(37)31(29(38)19-25)44-33(41)32(39)40/h16-23H,2-15H2,1H3. The van der Waals surface area contributed by atoms with Crippen molar-refractivity contribution in [1.29, 1.82) is 0 Å². The number of rotatable bonds is 13. The second-order valence-corrected chi connectivity index (χ2v) is 12.4. The Kier molecular flexibility index (Phi) is 12.2. The second-order valence-electron chi connectivity index (χ2n) is 12.4. The maximum Gasteiger partial charge on any atom is 0.432 e. The molecule has 2 aromatic rings. The predicted octanol–water partition coefficient (Wildman–Crippen LogP) is 12.2. The van der Waals surface area contributed by atoms with Crippen LogP contribution in [0.1, 0.15) is 114 Å². The van der Waals surface area contributed by atoms with E-state index in [1.165, 1.54) is 64.2 Å². The number of halogens is 9. The van der Waals surface area contributed by atoms with Gasteiger partial charge in [-0.15, -0.1) is 0 Å². The summed E-state index contributed by atoms with van der Waals surface area (Å²) in [6, 6.07) is -0.759. The first-order chi connectivity index (χ1) is 21.4. The molecule has 2 aromatic carbocycles. The molecule has 2 fully saturated rings. The smallest absolute Gasteiger partial charge is 0.429 e. The fraction of sp³-hybridized carbons (Fsp3) is 0.588. The highest BCUT2D eigenvalue weighted by molar-refractivity contribution is 5.37. The predicted molar refractivity (Wildman–Crippen MR) is 152 cm³/mol. The SMILES string of the molecule is CCCCCCCC1CCC(C2CCC(c3cc(F)c(C(F)(F)Oc4cc(F)c(OC(F)=C(F)F)c(F)c4)c(F)c3)CC2)CC1. The van der Waals surface area contributed by atoms with Gasteiger partial charge in [0.2, 0.25) is 5.75 Å². The molecule has 45 heavy (non-hydrogen) atoms. The van der Waals surface area contributed by atoms with E-state index in [2.05, 4.69) is 16.4 Å². The Labute approximate surface area is 258 Å². The zero-order chi connectivity index (χ0) is 32.7. The minimum absolute atomic E-state index is 0.0828. The zero-order valence-corrected chi connectivity index (χ0v) is 25.2. The highest BCUT2D eigenvalue weighted by Crippen LogP contribution is 2.46. The normalized spacial score (nSPS) is 22.3. The Morgan fingerprint density at radius 2 is 1.24 bits per heavy atom. The van der Waals surface area contributed by atoms with Gasteiger partial charge in [0.05, 0.1) is 0 Å². The highest BCUT2D eigenvalue weighted by atomic mass is 19.3. The Morgan fingerprint density at radius 1 is 0.711 bits per heavy atom. The zero-order valence-electron chi connectivity index (χ0n) is 25.2. The number of benzene rings is 2. The quantitative estimate of drug-likeness (QED) is 0.122. The van der Waals surface area contributed by atoms with Gasteiger partial charge in [-0.1, -0.05) is 58.3 Å². The van der Waals surface area contributed by atoms with Crippen molar-refractivity contribution >= 4 is 0 Å². The summed E-state index contributed by atoms with van der Waals surface area (Å²) in [4.78, 5) is 0. The van der Waals surface area contributed by atoms with Crippen molar-refractivity contribution in [3.8, 4) is 11.5 Å². The molecule has 0 aromatic heterocycles. The Bertz CT molecular complexity index is 1260. The lowest BCUT2D eigenvalue weighted by molar-refractivity contribution is -0.189. The van der Waals surface area contributed by atoms with Crippen molar-refractivity contribution in [1.82, 2.24) is 0 Å². The average Bonchev–Trinajstić information content (AvgIpc) is 2.98. The third-order valence-corrected chi connectivity index (χ3v) is 9.43. The molecule has 4 rings (SSSR count). The number of hydrogen-bond acceptors (Lipinski definition) is 2. The molecule has 250 valence electrons. The first kappa shape index (κ1) is 35.0. The van der Waals surface area contributed by atoms with Crippen LogP contribution < -0.4 is 9.47 Å². The van der Waals surface area contributed by atoms with E-state index in [0.717, 1.165) is 30.9 Å². The second kappa shape index (κ2) is 15.6. The lowest BCUT2D eigenvalue weighted by atomic mass is 9.68. The average molecular weight is 651 g/mol. The van der Waals surface area contributed by atoms with Gasteiger partial charge in [0.15, 0.2) is 11.6 Å². The molecule has 0 amide bonds. The van der Waals surface area contributed by atoms with E-state index in [9.17, 15) is 39.5 Å². The van der Waals surface area contributed by atoms with Crippen LogP contribution >= 0.6 is 0 Å². The minimum Gasteiger partial charge on any atom is -0.429 e. The molecule has 0 N–H and O–H groups in total. The molecule has 0 heterocycles. The molecule has 2 aliphatic carbocycles. The number of hydrogen-bond donors (Lipinski definition) is 0. The van der Waals surface area contributed by atoms with Gasteiger partial charge >= 0.3 is 18.2 Å². The van der Waals surface area contributed by atoms with Crippen molar-refractivity contribution in [3.05, 3.63) is 70.8 Å². The monoisotopic (exact) mass is 650 g/mol. The van der Waals surface area contributed by atoms with Crippen LogP contribution in [0.25, 0.3) is 0 Å². The summed E-state index contributed by atoms with van der Waals surface area (Å²) in [5.41, 5.74) is -1.50. The summed E-state index contributed by atoms with van der Waals surface area (Å²) in [5.74, 6) is -8.00. The molecule has 0 aliphatic heterocycles. The number of ether oxygens (including phenoxy) is 2. The van der Waals surface area contributed by atoms with E-state index in [1.54, 1.807) is 0 Å².